The molecule has 1 aromatic heterocycles. The molecule has 11 N–H and O–H groups in total. The quantitative estimate of drug-likeness (QED) is 0.0960. The van der Waals surface area contributed by atoms with Crippen molar-refractivity contribution in [2.24, 2.45) is 11.5 Å². The van der Waals surface area contributed by atoms with Crippen LogP contribution in [0.1, 0.15) is 44.7 Å². The minimum absolute atomic E-state index is 0.129. The van der Waals surface area contributed by atoms with Gasteiger partial charge in [0, 0.05) is 24.7 Å². The van der Waals surface area contributed by atoms with Crippen LogP contribution in [0.4, 0.5) is 0 Å². The lowest BCUT2D eigenvalue weighted by atomic mass is 10.0. The fourth-order valence-corrected chi connectivity index (χ4v) is 3.15. The van der Waals surface area contributed by atoms with E-state index in [0.717, 1.165) is 0 Å². The second-order valence-electron chi connectivity index (χ2n) is 8.29. The predicted molar refractivity (Wildman–Crippen MR) is 125 cm³/mol. The Hall–Kier alpha value is -3.56. The number of aromatic amines is 1. The third-order valence-corrected chi connectivity index (χ3v) is 5.28. The molecule has 0 aliphatic heterocycles. The van der Waals surface area contributed by atoms with Gasteiger partial charge in [-0.15, -0.1) is 0 Å². The molecule has 0 saturated heterocycles. The molecule has 1 rings (SSSR count). The molecule has 0 aliphatic carbocycles. The first-order valence-corrected chi connectivity index (χ1v) is 11.4. The van der Waals surface area contributed by atoms with E-state index in [2.05, 4.69) is 25.9 Å². The lowest BCUT2D eigenvalue weighted by molar-refractivity contribution is -0.143. The number of carbonyl (C=O) groups is 5. The van der Waals surface area contributed by atoms with Gasteiger partial charge in [-0.1, -0.05) is 0 Å². The van der Waals surface area contributed by atoms with Crippen LogP contribution < -0.4 is 27.4 Å². The van der Waals surface area contributed by atoms with Gasteiger partial charge in [-0.05, 0) is 39.2 Å². The second kappa shape index (κ2) is 15.4. The summed E-state index contributed by atoms with van der Waals surface area (Å²) in [5, 5.41) is 35.2. The molecular weight excluding hydrogens is 478 g/mol. The Morgan fingerprint density at radius 3 is 2.06 bits per heavy atom. The second-order valence-corrected chi connectivity index (χ2v) is 8.29. The van der Waals surface area contributed by atoms with E-state index < -0.39 is 66.4 Å². The normalized spacial score (nSPS) is 15.1. The number of hydrogen-bond donors (Lipinski definition) is 9. The maximum atomic E-state index is 13.0. The first-order valence-electron chi connectivity index (χ1n) is 11.4. The number of unbranched alkanes of at least 4 members (excludes halogenated alkanes) is 1. The molecule has 36 heavy (non-hydrogen) atoms. The molecule has 15 heteroatoms. The van der Waals surface area contributed by atoms with Crippen LogP contribution in [0.5, 0.6) is 0 Å². The van der Waals surface area contributed by atoms with Gasteiger partial charge >= 0.3 is 11.9 Å². The van der Waals surface area contributed by atoms with Crippen LogP contribution in [0.25, 0.3) is 0 Å². The van der Waals surface area contributed by atoms with E-state index in [4.69, 9.17) is 16.6 Å². The van der Waals surface area contributed by atoms with Gasteiger partial charge in [-0.2, -0.15) is 0 Å². The highest BCUT2D eigenvalue weighted by molar-refractivity contribution is 5.94. The number of H-pyrrole nitrogens is 1. The minimum atomic E-state index is -1.41. The van der Waals surface area contributed by atoms with E-state index in [1.807, 2.05) is 0 Å². The summed E-state index contributed by atoms with van der Waals surface area (Å²) in [7, 11) is 0. The Bertz CT molecular complexity index is 878. The molecule has 1 aromatic rings. The fourth-order valence-electron chi connectivity index (χ4n) is 3.15. The number of nitrogens with zero attached hydrogens (tertiary/aromatic N) is 1. The highest BCUT2D eigenvalue weighted by Crippen LogP contribution is 2.07. The molecule has 15 nitrogen and oxygen atoms in total. The number of rotatable bonds is 17. The van der Waals surface area contributed by atoms with E-state index in [0.29, 0.717) is 25.1 Å². The van der Waals surface area contributed by atoms with Crippen molar-refractivity contribution in [3.05, 3.63) is 18.2 Å². The van der Waals surface area contributed by atoms with Crippen LogP contribution in [0, 0.1) is 0 Å². The number of aliphatic carboxylic acids is 2. The number of aliphatic hydroxyl groups excluding tert-OH is 1. The highest BCUT2D eigenvalue weighted by Gasteiger charge is 2.31. The summed E-state index contributed by atoms with van der Waals surface area (Å²) in [6.45, 7) is 1.65. The zero-order chi connectivity index (χ0) is 27.3. The maximum Gasteiger partial charge on any atom is 0.326 e. The summed E-state index contributed by atoms with van der Waals surface area (Å²) in [6, 6.07) is -5.25. The first kappa shape index (κ1) is 30.5. The number of aromatic nitrogens is 2. The van der Waals surface area contributed by atoms with Crippen LogP contribution in [-0.2, 0) is 30.4 Å². The summed E-state index contributed by atoms with van der Waals surface area (Å²) < 4.78 is 0. The molecule has 0 saturated carbocycles. The molecule has 0 radical (unpaired) electrons. The van der Waals surface area contributed by atoms with Crippen LogP contribution in [-0.4, -0.2) is 91.8 Å². The smallest absolute Gasteiger partial charge is 0.326 e. The number of aliphatic hydroxyl groups is 1. The lowest BCUT2D eigenvalue weighted by Crippen LogP contribution is -2.58. The van der Waals surface area contributed by atoms with Gasteiger partial charge in [-0.25, -0.2) is 9.78 Å². The molecular formula is C21H35N7O8. The third kappa shape index (κ3) is 10.8. The number of amides is 3. The molecule has 0 spiro atoms. The van der Waals surface area contributed by atoms with Crippen molar-refractivity contribution in [1.29, 1.82) is 0 Å². The van der Waals surface area contributed by atoms with Gasteiger partial charge in [0.05, 0.1) is 12.4 Å². The molecule has 5 unspecified atom stereocenters. The van der Waals surface area contributed by atoms with Gasteiger partial charge in [0.1, 0.15) is 24.2 Å². The third-order valence-electron chi connectivity index (χ3n) is 5.28. The Kier molecular flexibility index (Phi) is 13.1. The number of nitrogens with two attached hydrogens (primary N) is 2. The molecule has 5 atom stereocenters. The summed E-state index contributed by atoms with van der Waals surface area (Å²) >= 11 is 0. The van der Waals surface area contributed by atoms with Gasteiger partial charge in [0.2, 0.25) is 17.7 Å². The summed E-state index contributed by atoms with van der Waals surface area (Å²) in [4.78, 5) is 67.4. The van der Waals surface area contributed by atoms with E-state index in [1.54, 1.807) is 0 Å². The van der Waals surface area contributed by atoms with Crippen molar-refractivity contribution >= 4 is 29.7 Å². The standard InChI is InChI=1S/C21H35N7O8/c1-11(29)17(23)20(34)27-13(4-2-3-7-22)18(32)26-14(5-6-16(30)31)19(33)28-15(21(35)36)8-12-9-24-10-25-12/h9-11,13-15,17,29H,2-8,22-23H2,1H3,(H,24,25)(H,26,32)(H,27,34)(H,28,33)(H,30,31)(H,35,36). The number of carboxylic acids is 2. The van der Waals surface area contributed by atoms with Crippen LogP contribution in [0.2, 0.25) is 0 Å². The zero-order valence-corrected chi connectivity index (χ0v) is 20.0. The van der Waals surface area contributed by atoms with Gasteiger partial charge < -0.3 is 47.7 Å². The van der Waals surface area contributed by atoms with Crippen molar-refractivity contribution in [2.45, 2.75) is 75.7 Å². The summed E-state index contributed by atoms with van der Waals surface area (Å²) in [6.07, 6.45) is 1.70. The summed E-state index contributed by atoms with van der Waals surface area (Å²) in [5.74, 6) is -5.09. The Morgan fingerprint density at radius 2 is 1.56 bits per heavy atom. The zero-order valence-electron chi connectivity index (χ0n) is 20.0. The SMILES string of the molecule is CC(O)C(N)C(=O)NC(CCCCN)C(=O)NC(CCC(=O)O)C(=O)NC(Cc1cnc[nH]1)C(=O)O. The largest absolute Gasteiger partial charge is 0.481 e. The Morgan fingerprint density at radius 1 is 0.972 bits per heavy atom. The minimum Gasteiger partial charge on any atom is -0.481 e. The highest BCUT2D eigenvalue weighted by atomic mass is 16.4. The lowest BCUT2D eigenvalue weighted by Gasteiger charge is -2.25. The average Bonchev–Trinajstić information content (AvgIpc) is 3.32. The molecule has 0 fully saturated rings. The molecule has 1 heterocycles. The number of imidazole rings is 1. The van der Waals surface area contributed by atoms with E-state index >= 15 is 0 Å². The molecule has 0 aliphatic rings. The maximum absolute atomic E-state index is 13.0. The average molecular weight is 514 g/mol. The van der Waals surface area contributed by atoms with Crippen molar-refractivity contribution in [2.75, 3.05) is 6.54 Å². The van der Waals surface area contributed by atoms with Gasteiger partial charge in [0.15, 0.2) is 0 Å². The van der Waals surface area contributed by atoms with Crippen LogP contribution in [0.3, 0.4) is 0 Å². The Labute approximate surface area is 207 Å². The monoisotopic (exact) mass is 513 g/mol. The van der Waals surface area contributed by atoms with Crippen LogP contribution >= 0.6 is 0 Å². The number of nitrogens with one attached hydrogen (secondary N) is 4. The number of hydrogen-bond acceptors (Lipinski definition) is 9. The molecule has 0 aromatic carbocycles. The van der Waals surface area contributed by atoms with E-state index in [1.165, 1.54) is 19.4 Å². The predicted octanol–water partition coefficient (Wildman–Crippen LogP) is -2.81. The van der Waals surface area contributed by atoms with E-state index in [-0.39, 0.29) is 19.3 Å². The molecule has 0 bridgehead atoms. The van der Waals surface area contributed by atoms with Crippen molar-refractivity contribution < 1.29 is 39.3 Å². The number of carbonyl (C=O) groups excluding carboxylic acids is 3. The van der Waals surface area contributed by atoms with Gasteiger partial charge in [-0.3, -0.25) is 19.2 Å². The van der Waals surface area contributed by atoms with Crippen molar-refractivity contribution in [3.8, 4) is 0 Å². The van der Waals surface area contributed by atoms with Crippen molar-refractivity contribution in [3.63, 3.8) is 0 Å². The first-order chi connectivity index (χ1) is 17.0. The topological polar surface area (TPSA) is 263 Å². The fraction of sp³-hybridized carbons (Fsp3) is 0.619. The van der Waals surface area contributed by atoms with E-state index in [9.17, 15) is 34.2 Å². The van der Waals surface area contributed by atoms with Crippen molar-refractivity contribution in [1.82, 2.24) is 25.9 Å². The number of carboxylic acid groups (broad SMARTS) is 2. The van der Waals surface area contributed by atoms with Gasteiger partial charge in [0.25, 0.3) is 0 Å². The molecule has 3 amide bonds. The molecule has 202 valence electrons. The summed E-state index contributed by atoms with van der Waals surface area (Å²) in [5.41, 5.74) is 11.5. The van der Waals surface area contributed by atoms with Crippen LogP contribution in [0.15, 0.2) is 12.5 Å². The Balaban J connectivity index is 3.01.